The van der Waals surface area contributed by atoms with E-state index in [4.69, 9.17) is 5.73 Å². The van der Waals surface area contributed by atoms with Crippen LogP contribution < -0.4 is 10.7 Å². The Bertz CT molecular complexity index is 537. The van der Waals surface area contributed by atoms with E-state index < -0.39 is 0 Å². The standard InChI is InChI=1S/C16H23N3O/c1-4-5-14-13(8-9-17)16(20)19(18-14)15-7-6-11(2)10-12(15)3/h6-7,10,13H,4-5,8-9,17H2,1-3H3. The van der Waals surface area contributed by atoms with Crippen molar-refractivity contribution in [2.45, 2.75) is 40.0 Å². The van der Waals surface area contributed by atoms with Crippen LogP contribution in [0.25, 0.3) is 0 Å². The lowest BCUT2D eigenvalue weighted by molar-refractivity contribution is -0.119. The number of aryl methyl sites for hydroxylation is 2. The summed E-state index contributed by atoms with van der Waals surface area (Å²) in [4.78, 5) is 12.6. The highest BCUT2D eigenvalue weighted by atomic mass is 16.2. The molecule has 2 rings (SSSR count). The Hall–Kier alpha value is -1.68. The van der Waals surface area contributed by atoms with E-state index >= 15 is 0 Å². The topological polar surface area (TPSA) is 58.7 Å². The highest BCUT2D eigenvalue weighted by molar-refractivity contribution is 6.15. The molecule has 0 aliphatic carbocycles. The number of anilines is 1. The molecule has 1 atom stereocenters. The molecule has 108 valence electrons. The first-order valence-electron chi connectivity index (χ1n) is 7.27. The number of carbonyl (C=O) groups excluding carboxylic acids is 1. The molecule has 0 saturated carbocycles. The van der Waals surface area contributed by atoms with Crippen LogP contribution in [0.4, 0.5) is 5.69 Å². The van der Waals surface area contributed by atoms with Gasteiger partial charge in [0.05, 0.1) is 17.3 Å². The van der Waals surface area contributed by atoms with Crippen LogP contribution in [0.1, 0.15) is 37.3 Å². The Morgan fingerprint density at radius 1 is 1.35 bits per heavy atom. The summed E-state index contributed by atoms with van der Waals surface area (Å²) in [5, 5.41) is 6.13. The zero-order valence-electron chi connectivity index (χ0n) is 12.5. The van der Waals surface area contributed by atoms with Crippen molar-refractivity contribution in [1.29, 1.82) is 0 Å². The third-order valence-electron chi connectivity index (χ3n) is 3.68. The molecule has 0 saturated heterocycles. The first-order chi connectivity index (χ1) is 9.58. The maximum absolute atomic E-state index is 12.6. The third-order valence-corrected chi connectivity index (χ3v) is 3.68. The Labute approximate surface area is 120 Å². The number of hydrogen-bond acceptors (Lipinski definition) is 3. The number of nitrogens with two attached hydrogens (primary N) is 1. The molecular formula is C16H23N3O. The van der Waals surface area contributed by atoms with Crippen molar-refractivity contribution in [3.05, 3.63) is 29.3 Å². The summed E-state index contributed by atoms with van der Waals surface area (Å²) in [6.07, 6.45) is 2.53. The van der Waals surface area contributed by atoms with E-state index in [2.05, 4.69) is 18.1 Å². The molecule has 0 spiro atoms. The molecular weight excluding hydrogens is 250 g/mol. The SMILES string of the molecule is CCCC1=NN(c2ccc(C)cc2C)C(=O)C1CCN. The molecule has 4 nitrogen and oxygen atoms in total. The van der Waals surface area contributed by atoms with Gasteiger partial charge >= 0.3 is 0 Å². The van der Waals surface area contributed by atoms with Gasteiger partial charge in [0.25, 0.3) is 5.91 Å². The van der Waals surface area contributed by atoms with E-state index in [9.17, 15) is 4.79 Å². The van der Waals surface area contributed by atoms with E-state index in [0.717, 1.165) is 29.8 Å². The summed E-state index contributed by atoms with van der Waals surface area (Å²) in [5.74, 6) is -0.0773. The van der Waals surface area contributed by atoms with Crippen LogP contribution in [0.2, 0.25) is 0 Å². The Kier molecular flexibility index (Phi) is 4.55. The predicted octanol–water partition coefficient (Wildman–Crippen LogP) is 2.77. The second-order valence-electron chi connectivity index (χ2n) is 5.41. The number of amides is 1. The molecule has 4 heteroatoms. The van der Waals surface area contributed by atoms with Crippen molar-refractivity contribution in [3.63, 3.8) is 0 Å². The van der Waals surface area contributed by atoms with Crippen LogP contribution in [0.3, 0.4) is 0 Å². The van der Waals surface area contributed by atoms with Gasteiger partial charge in [0.1, 0.15) is 0 Å². The van der Waals surface area contributed by atoms with Gasteiger partial charge in [-0.25, -0.2) is 0 Å². The lowest BCUT2D eigenvalue weighted by Gasteiger charge is -2.16. The zero-order valence-corrected chi connectivity index (χ0v) is 12.5. The largest absolute Gasteiger partial charge is 0.330 e. The van der Waals surface area contributed by atoms with Gasteiger partial charge in [0, 0.05) is 0 Å². The van der Waals surface area contributed by atoms with Crippen molar-refractivity contribution in [2.24, 2.45) is 16.8 Å². The summed E-state index contributed by atoms with van der Waals surface area (Å²) in [6, 6.07) is 6.06. The molecule has 1 aromatic rings. The molecule has 1 aliphatic rings. The van der Waals surface area contributed by atoms with Crippen LogP contribution in [0.15, 0.2) is 23.3 Å². The summed E-state index contributed by atoms with van der Waals surface area (Å²) in [6.45, 7) is 6.68. The van der Waals surface area contributed by atoms with Gasteiger partial charge in [0.2, 0.25) is 0 Å². The monoisotopic (exact) mass is 273 g/mol. The molecule has 1 unspecified atom stereocenters. The minimum Gasteiger partial charge on any atom is -0.330 e. The minimum atomic E-state index is -0.138. The normalized spacial score (nSPS) is 18.6. The van der Waals surface area contributed by atoms with Crippen molar-refractivity contribution in [3.8, 4) is 0 Å². The first kappa shape index (κ1) is 14.7. The smallest absolute Gasteiger partial charge is 0.256 e. The predicted molar refractivity (Wildman–Crippen MR) is 82.9 cm³/mol. The number of carbonyl (C=O) groups is 1. The van der Waals surface area contributed by atoms with Crippen LogP contribution >= 0.6 is 0 Å². The highest BCUT2D eigenvalue weighted by Crippen LogP contribution is 2.29. The van der Waals surface area contributed by atoms with Crippen molar-refractivity contribution in [2.75, 3.05) is 11.6 Å². The number of hydrogen-bond donors (Lipinski definition) is 1. The van der Waals surface area contributed by atoms with Gasteiger partial charge in [-0.1, -0.05) is 31.0 Å². The van der Waals surface area contributed by atoms with E-state index in [1.807, 2.05) is 26.0 Å². The maximum atomic E-state index is 12.6. The fourth-order valence-electron chi connectivity index (χ4n) is 2.69. The van der Waals surface area contributed by atoms with Crippen LogP contribution in [-0.4, -0.2) is 18.2 Å². The molecule has 0 radical (unpaired) electrons. The van der Waals surface area contributed by atoms with Crippen molar-refractivity contribution < 1.29 is 4.79 Å². The fourth-order valence-corrected chi connectivity index (χ4v) is 2.69. The lowest BCUT2D eigenvalue weighted by atomic mass is 9.96. The number of benzene rings is 1. The van der Waals surface area contributed by atoms with E-state index in [1.165, 1.54) is 5.56 Å². The van der Waals surface area contributed by atoms with E-state index in [-0.39, 0.29) is 11.8 Å². The average molecular weight is 273 g/mol. The third kappa shape index (κ3) is 2.75. The van der Waals surface area contributed by atoms with Gasteiger partial charge in [0.15, 0.2) is 0 Å². The Morgan fingerprint density at radius 3 is 2.70 bits per heavy atom. The summed E-state index contributed by atoms with van der Waals surface area (Å²) in [7, 11) is 0. The van der Waals surface area contributed by atoms with Gasteiger partial charge in [-0.2, -0.15) is 10.1 Å². The molecule has 20 heavy (non-hydrogen) atoms. The van der Waals surface area contributed by atoms with Crippen molar-refractivity contribution in [1.82, 2.24) is 0 Å². The van der Waals surface area contributed by atoms with E-state index in [0.29, 0.717) is 13.0 Å². The number of hydrazone groups is 1. The molecule has 2 N–H and O–H groups in total. The maximum Gasteiger partial charge on any atom is 0.256 e. The Balaban J connectivity index is 2.34. The summed E-state index contributed by atoms with van der Waals surface area (Å²) < 4.78 is 0. The van der Waals surface area contributed by atoms with Crippen molar-refractivity contribution >= 4 is 17.3 Å². The molecule has 1 aromatic carbocycles. The highest BCUT2D eigenvalue weighted by Gasteiger charge is 2.35. The average Bonchev–Trinajstić information content (AvgIpc) is 2.69. The molecule has 1 amide bonds. The number of nitrogens with zero attached hydrogens (tertiary/aromatic N) is 2. The zero-order chi connectivity index (χ0) is 14.7. The van der Waals surface area contributed by atoms with Crippen LogP contribution in [0.5, 0.6) is 0 Å². The quantitative estimate of drug-likeness (QED) is 0.896. The molecule has 1 heterocycles. The van der Waals surface area contributed by atoms with Gasteiger partial charge in [-0.15, -0.1) is 0 Å². The molecule has 0 fully saturated rings. The van der Waals surface area contributed by atoms with Gasteiger partial charge in [-0.3, -0.25) is 4.79 Å². The summed E-state index contributed by atoms with van der Waals surface area (Å²) >= 11 is 0. The second kappa shape index (κ2) is 6.18. The fraction of sp³-hybridized carbons (Fsp3) is 0.500. The van der Waals surface area contributed by atoms with E-state index in [1.54, 1.807) is 5.01 Å². The minimum absolute atomic E-state index is 0.0610. The van der Waals surface area contributed by atoms with Gasteiger partial charge < -0.3 is 5.73 Å². The second-order valence-corrected chi connectivity index (χ2v) is 5.41. The van der Waals surface area contributed by atoms with Crippen LogP contribution in [-0.2, 0) is 4.79 Å². The molecule has 0 bridgehead atoms. The Morgan fingerprint density at radius 2 is 2.10 bits per heavy atom. The lowest BCUT2D eigenvalue weighted by Crippen LogP contribution is -2.29. The number of rotatable bonds is 5. The first-order valence-corrected chi connectivity index (χ1v) is 7.27. The molecule has 0 aromatic heterocycles. The van der Waals surface area contributed by atoms with Gasteiger partial charge in [-0.05, 0) is 44.9 Å². The van der Waals surface area contributed by atoms with Crippen LogP contribution in [0, 0.1) is 19.8 Å². The molecule has 1 aliphatic heterocycles. The summed E-state index contributed by atoms with van der Waals surface area (Å²) in [5.41, 5.74) is 9.76.